The largest absolute Gasteiger partial charge is 0.342 e. The number of non-ortho nitro benzene ring substituents is 1. The van der Waals surface area contributed by atoms with Crippen molar-refractivity contribution in [2.45, 2.75) is 57.3 Å². The number of amides is 1. The molecule has 2 saturated carbocycles. The highest BCUT2D eigenvalue weighted by Gasteiger charge is 2.70. The molecule has 5 heteroatoms. The lowest BCUT2D eigenvalue weighted by molar-refractivity contribution is -0.384. The second-order valence-electron chi connectivity index (χ2n) is 8.60. The Bertz CT molecular complexity index is 713. The summed E-state index contributed by atoms with van der Waals surface area (Å²) in [6, 6.07) is 6.84. The van der Waals surface area contributed by atoms with Crippen molar-refractivity contribution in [3.63, 3.8) is 0 Å². The summed E-state index contributed by atoms with van der Waals surface area (Å²) >= 11 is 0. The summed E-state index contributed by atoms with van der Waals surface area (Å²) in [6.45, 7) is 3.79. The van der Waals surface area contributed by atoms with Crippen LogP contribution < -0.4 is 0 Å². The number of carbonyl (C=O) groups is 1. The third-order valence-corrected chi connectivity index (χ3v) is 7.15. The zero-order chi connectivity index (χ0) is 18.3. The average molecular weight is 356 g/mol. The number of nitro benzene ring substituents is 1. The summed E-state index contributed by atoms with van der Waals surface area (Å²) in [4.78, 5) is 25.6. The first-order valence-electron chi connectivity index (χ1n) is 10.1. The second-order valence-corrected chi connectivity index (χ2v) is 8.60. The highest BCUT2D eigenvalue weighted by molar-refractivity contribution is 5.88. The maximum atomic E-state index is 12.8. The van der Waals surface area contributed by atoms with Gasteiger partial charge in [-0.25, -0.2) is 0 Å². The van der Waals surface area contributed by atoms with Gasteiger partial charge in [0.15, 0.2) is 0 Å². The van der Waals surface area contributed by atoms with E-state index in [-0.39, 0.29) is 27.9 Å². The maximum Gasteiger partial charge on any atom is 0.269 e. The van der Waals surface area contributed by atoms with Gasteiger partial charge < -0.3 is 4.90 Å². The quantitative estimate of drug-likeness (QED) is 0.564. The highest BCUT2D eigenvalue weighted by Crippen LogP contribution is 2.64. The molecule has 4 rings (SSSR count). The first-order valence-corrected chi connectivity index (χ1v) is 10.1. The number of piperidine rings is 1. The van der Waals surface area contributed by atoms with Crippen LogP contribution in [0.25, 0.3) is 0 Å². The monoisotopic (exact) mass is 356 g/mol. The van der Waals surface area contributed by atoms with E-state index in [2.05, 4.69) is 6.92 Å². The average Bonchev–Trinajstić information content (AvgIpc) is 3.10. The Kier molecular flexibility index (Phi) is 4.49. The fourth-order valence-corrected chi connectivity index (χ4v) is 5.45. The van der Waals surface area contributed by atoms with Crippen LogP contribution in [-0.4, -0.2) is 28.8 Å². The number of nitro groups is 1. The molecule has 2 aliphatic carbocycles. The summed E-state index contributed by atoms with van der Waals surface area (Å²) in [6.07, 6.45) is 9.23. The molecule has 1 saturated heterocycles. The van der Waals surface area contributed by atoms with Crippen LogP contribution in [0.5, 0.6) is 0 Å². The molecule has 1 amide bonds. The fraction of sp³-hybridized carbons (Fsp3) is 0.667. The Morgan fingerprint density at radius 2 is 2.04 bits per heavy atom. The van der Waals surface area contributed by atoms with E-state index in [1.54, 1.807) is 12.1 Å². The first-order chi connectivity index (χ1) is 12.5. The molecule has 1 heterocycles. The number of fused-ring (bicyclic) bond motifs is 1. The van der Waals surface area contributed by atoms with Gasteiger partial charge in [0.05, 0.1) is 10.8 Å². The van der Waals surface area contributed by atoms with E-state index in [9.17, 15) is 14.9 Å². The van der Waals surface area contributed by atoms with Gasteiger partial charge in [0.2, 0.25) is 5.91 Å². The van der Waals surface area contributed by atoms with E-state index in [0.717, 1.165) is 31.0 Å². The highest BCUT2D eigenvalue weighted by atomic mass is 16.6. The number of carbonyl (C=O) groups excluding carboxylic acids is 1. The van der Waals surface area contributed by atoms with Crippen LogP contribution in [0.2, 0.25) is 0 Å². The summed E-state index contributed by atoms with van der Waals surface area (Å²) in [5.41, 5.74) is 0.838. The summed E-state index contributed by atoms with van der Waals surface area (Å²) < 4.78 is 0. The van der Waals surface area contributed by atoms with E-state index in [0.29, 0.717) is 5.92 Å². The van der Waals surface area contributed by atoms with Gasteiger partial charge in [0, 0.05) is 30.6 Å². The number of nitrogens with zero attached hydrogens (tertiary/aromatic N) is 2. The van der Waals surface area contributed by atoms with Gasteiger partial charge in [-0.1, -0.05) is 51.2 Å². The zero-order valence-corrected chi connectivity index (χ0v) is 15.5. The van der Waals surface area contributed by atoms with E-state index in [1.807, 2.05) is 11.0 Å². The molecular weight excluding hydrogens is 328 g/mol. The smallest absolute Gasteiger partial charge is 0.269 e. The van der Waals surface area contributed by atoms with Gasteiger partial charge in [-0.15, -0.1) is 0 Å². The first kappa shape index (κ1) is 17.5. The molecule has 1 aliphatic heterocycles. The predicted octanol–water partition coefficient (Wildman–Crippen LogP) is 4.30. The fourth-order valence-electron chi connectivity index (χ4n) is 5.45. The lowest BCUT2D eigenvalue weighted by Crippen LogP contribution is -2.34. The minimum atomic E-state index is -0.357. The van der Waals surface area contributed by atoms with Crippen molar-refractivity contribution in [2.75, 3.05) is 13.1 Å². The predicted molar refractivity (Wildman–Crippen MR) is 99.8 cm³/mol. The number of rotatable bonds is 6. The van der Waals surface area contributed by atoms with Crippen molar-refractivity contribution >= 4 is 11.6 Å². The molecule has 0 bridgehead atoms. The molecule has 140 valence electrons. The van der Waals surface area contributed by atoms with Crippen molar-refractivity contribution in [1.29, 1.82) is 0 Å². The van der Waals surface area contributed by atoms with E-state index >= 15 is 0 Å². The number of hydrogen-bond donors (Lipinski definition) is 0. The Labute approximate surface area is 154 Å². The molecule has 26 heavy (non-hydrogen) atoms. The summed E-state index contributed by atoms with van der Waals surface area (Å²) in [7, 11) is 0. The molecule has 0 spiro atoms. The molecule has 5 nitrogen and oxygen atoms in total. The topological polar surface area (TPSA) is 63.5 Å². The maximum absolute atomic E-state index is 12.8. The van der Waals surface area contributed by atoms with Crippen LogP contribution in [0.4, 0.5) is 5.69 Å². The van der Waals surface area contributed by atoms with Crippen LogP contribution in [0.15, 0.2) is 24.3 Å². The Hall–Kier alpha value is -1.91. The molecule has 3 aliphatic rings. The van der Waals surface area contributed by atoms with Crippen molar-refractivity contribution < 1.29 is 9.72 Å². The molecule has 0 radical (unpaired) electrons. The minimum absolute atomic E-state index is 0.0131. The van der Waals surface area contributed by atoms with Crippen LogP contribution in [-0.2, 0) is 10.2 Å². The Balaban J connectivity index is 1.34. The van der Waals surface area contributed by atoms with E-state index in [1.165, 1.54) is 44.6 Å². The van der Waals surface area contributed by atoms with Crippen LogP contribution in [0.3, 0.4) is 0 Å². The number of hydrogen-bond acceptors (Lipinski definition) is 3. The van der Waals surface area contributed by atoms with Gasteiger partial charge in [0.1, 0.15) is 0 Å². The third kappa shape index (κ3) is 2.91. The standard InChI is InChI=1S/C21H28N2O3/c1-21(16-10-5-11-17(13-16)23(25)26)18-14-22(20(24)19(18)21)12-6-9-15-7-3-2-4-8-15/h5,10-11,13,15,18-19H,2-4,6-9,12,14H2,1H3. The van der Waals surface area contributed by atoms with Crippen LogP contribution in [0.1, 0.15) is 57.4 Å². The Morgan fingerprint density at radius 3 is 2.69 bits per heavy atom. The summed E-state index contributed by atoms with van der Waals surface area (Å²) in [5, 5.41) is 11.0. The molecule has 3 fully saturated rings. The van der Waals surface area contributed by atoms with E-state index < -0.39 is 0 Å². The molecule has 3 unspecified atom stereocenters. The number of likely N-dealkylation sites (tertiary alicyclic amines) is 1. The van der Waals surface area contributed by atoms with Crippen molar-refractivity contribution in [2.24, 2.45) is 17.8 Å². The van der Waals surface area contributed by atoms with Crippen LogP contribution in [0, 0.1) is 27.9 Å². The SMILES string of the molecule is CC1(c2cccc([N+](=O)[O-])c2)C2CN(CCCC3CCCCC3)C(=O)C21. The van der Waals surface area contributed by atoms with Gasteiger partial charge in [0.25, 0.3) is 5.69 Å². The Morgan fingerprint density at radius 1 is 1.27 bits per heavy atom. The molecule has 1 aromatic carbocycles. The lowest BCUT2D eigenvalue weighted by Gasteiger charge is -2.26. The molecule has 3 atom stereocenters. The van der Waals surface area contributed by atoms with Crippen LogP contribution >= 0.6 is 0 Å². The van der Waals surface area contributed by atoms with E-state index in [4.69, 9.17) is 0 Å². The normalized spacial score (nSPS) is 31.1. The molecule has 1 aromatic rings. The second kappa shape index (κ2) is 6.67. The minimum Gasteiger partial charge on any atom is -0.342 e. The number of benzene rings is 1. The zero-order valence-electron chi connectivity index (χ0n) is 15.5. The third-order valence-electron chi connectivity index (χ3n) is 7.15. The van der Waals surface area contributed by atoms with Crippen molar-refractivity contribution in [1.82, 2.24) is 4.90 Å². The van der Waals surface area contributed by atoms with Crippen molar-refractivity contribution in [3.05, 3.63) is 39.9 Å². The molecule has 0 N–H and O–H groups in total. The van der Waals surface area contributed by atoms with Gasteiger partial charge in [-0.05, 0) is 30.2 Å². The molecular formula is C21H28N2O3. The summed E-state index contributed by atoms with van der Waals surface area (Å²) in [5.74, 6) is 1.45. The van der Waals surface area contributed by atoms with Gasteiger partial charge in [-0.3, -0.25) is 14.9 Å². The van der Waals surface area contributed by atoms with Gasteiger partial charge in [-0.2, -0.15) is 0 Å². The van der Waals surface area contributed by atoms with Crippen molar-refractivity contribution in [3.8, 4) is 0 Å². The lowest BCUT2D eigenvalue weighted by atomic mass is 9.86. The molecule has 0 aromatic heterocycles. The van der Waals surface area contributed by atoms with Gasteiger partial charge >= 0.3 is 0 Å².